The molecule has 0 bridgehead atoms. The molecular formula is C19H23N3O3. The summed E-state index contributed by atoms with van der Waals surface area (Å²) in [5.74, 6) is 2.95. The zero-order chi connectivity index (χ0) is 17.3. The van der Waals surface area contributed by atoms with Crippen molar-refractivity contribution >= 4 is 5.91 Å². The number of furan rings is 1. The molecule has 6 nitrogen and oxygen atoms in total. The highest BCUT2D eigenvalue weighted by Crippen LogP contribution is 2.42. The number of ether oxygens (including phenoxy) is 1. The quantitative estimate of drug-likeness (QED) is 0.901. The third kappa shape index (κ3) is 3.14. The molecule has 4 heterocycles. The molecule has 1 spiro atoms. The average molecular weight is 341 g/mol. The fourth-order valence-electron chi connectivity index (χ4n) is 3.98. The largest absolute Gasteiger partial charge is 0.492 e. The lowest BCUT2D eigenvalue weighted by atomic mass is 9.77. The standard InChI is InChI=1S/C19H23N3O3/c1-14-4-5-17(25-14)11-22-8-6-19(13-22)15(9-21-18(19)23)12-24-16-3-2-7-20-10-16/h2-5,7,10,15H,6,8-9,11-13H2,1H3,(H,21,23)/t15-,19+/m1/s1. The highest BCUT2D eigenvalue weighted by Gasteiger charge is 2.54. The van der Waals surface area contributed by atoms with Crippen molar-refractivity contribution in [1.29, 1.82) is 0 Å². The number of aryl methyl sites for hydroxylation is 1. The first kappa shape index (κ1) is 16.1. The van der Waals surface area contributed by atoms with E-state index in [4.69, 9.17) is 9.15 Å². The van der Waals surface area contributed by atoms with Gasteiger partial charge in [0.2, 0.25) is 5.91 Å². The van der Waals surface area contributed by atoms with Crippen LogP contribution in [-0.4, -0.2) is 42.0 Å². The van der Waals surface area contributed by atoms with Crippen molar-refractivity contribution in [2.45, 2.75) is 19.9 Å². The van der Waals surface area contributed by atoms with Crippen molar-refractivity contribution in [2.75, 3.05) is 26.2 Å². The second-order valence-corrected chi connectivity index (χ2v) is 7.04. The number of carbonyl (C=O) groups is 1. The molecule has 2 aliphatic rings. The smallest absolute Gasteiger partial charge is 0.228 e. The first-order chi connectivity index (χ1) is 12.2. The fourth-order valence-corrected chi connectivity index (χ4v) is 3.98. The number of aromatic nitrogens is 1. The van der Waals surface area contributed by atoms with Crippen LogP contribution in [0.2, 0.25) is 0 Å². The van der Waals surface area contributed by atoms with Gasteiger partial charge in [-0.15, -0.1) is 0 Å². The second-order valence-electron chi connectivity index (χ2n) is 7.04. The van der Waals surface area contributed by atoms with Crippen molar-refractivity contribution in [2.24, 2.45) is 11.3 Å². The Morgan fingerprint density at radius 2 is 2.36 bits per heavy atom. The van der Waals surface area contributed by atoms with Crippen LogP contribution < -0.4 is 10.1 Å². The van der Waals surface area contributed by atoms with Crippen LogP contribution in [0.25, 0.3) is 0 Å². The number of rotatable bonds is 5. The molecule has 1 amide bonds. The summed E-state index contributed by atoms with van der Waals surface area (Å²) >= 11 is 0. The van der Waals surface area contributed by atoms with Gasteiger partial charge in [0.1, 0.15) is 17.3 Å². The van der Waals surface area contributed by atoms with E-state index in [2.05, 4.69) is 15.2 Å². The topological polar surface area (TPSA) is 67.6 Å². The van der Waals surface area contributed by atoms with Gasteiger partial charge < -0.3 is 14.5 Å². The van der Waals surface area contributed by atoms with E-state index in [9.17, 15) is 4.79 Å². The summed E-state index contributed by atoms with van der Waals surface area (Å²) in [6.07, 6.45) is 4.29. The van der Waals surface area contributed by atoms with E-state index in [1.54, 1.807) is 12.4 Å². The van der Waals surface area contributed by atoms with Crippen LogP contribution in [0.1, 0.15) is 17.9 Å². The molecule has 0 unspecified atom stereocenters. The van der Waals surface area contributed by atoms with Crippen LogP contribution in [-0.2, 0) is 11.3 Å². The molecule has 2 aliphatic heterocycles. The van der Waals surface area contributed by atoms with E-state index in [0.717, 1.165) is 43.3 Å². The molecule has 0 saturated carbocycles. The van der Waals surface area contributed by atoms with Gasteiger partial charge in [-0.1, -0.05) is 0 Å². The van der Waals surface area contributed by atoms with Crippen molar-refractivity contribution in [3.63, 3.8) is 0 Å². The minimum Gasteiger partial charge on any atom is -0.492 e. The fraction of sp³-hybridized carbons (Fsp3) is 0.474. The molecule has 0 radical (unpaired) electrons. The molecule has 2 saturated heterocycles. The summed E-state index contributed by atoms with van der Waals surface area (Å²) in [5, 5.41) is 3.04. The zero-order valence-electron chi connectivity index (χ0n) is 14.4. The predicted octanol–water partition coefficient (Wildman–Crippen LogP) is 2.00. The van der Waals surface area contributed by atoms with E-state index in [1.165, 1.54) is 0 Å². The number of likely N-dealkylation sites (tertiary alicyclic amines) is 1. The summed E-state index contributed by atoms with van der Waals surface area (Å²) in [4.78, 5) is 19.0. The van der Waals surface area contributed by atoms with Crippen molar-refractivity contribution in [3.05, 3.63) is 48.2 Å². The molecular weight excluding hydrogens is 318 g/mol. The lowest BCUT2D eigenvalue weighted by molar-refractivity contribution is -0.128. The van der Waals surface area contributed by atoms with Crippen LogP contribution in [0.3, 0.4) is 0 Å². The molecule has 2 fully saturated rings. The first-order valence-corrected chi connectivity index (χ1v) is 8.74. The van der Waals surface area contributed by atoms with Gasteiger partial charge in [-0.25, -0.2) is 0 Å². The summed E-state index contributed by atoms with van der Waals surface area (Å²) in [7, 11) is 0. The summed E-state index contributed by atoms with van der Waals surface area (Å²) in [6.45, 7) is 5.55. The first-order valence-electron chi connectivity index (χ1n) is 8.74. The highest BCUT2D eigenvalue weighted by molar-refractivity contribution is 5.86. The number of hydrogen-bond acceptors (Lipinski definition) is 5. The van der Waals surface area contributed by atoms with E-state index in [0.29, 0.717) is 13.2 Å². The molecule has 4 rings (SSSR count). The maximum atomic E-state index is 12.6. The Bertz CT molecular complexity index is 745. The van der Waals surface area contributed by atoms with E-state index >= 15 is 0 Å². The Hall–Kier alpha value is -2.34. The Morgan fingerprint density at radius 3 is 3.12 bits per heavy atom. The lowest BCUT2D eigenvalue weighted by Gasteiger charge is -2.28. The van der Waals surface area contributed by atoms with Gasteiger partial charge >= 0.3 is 0 Å². The van der Waals surface area contributed by atoms with Gasteiger partial charge in [-0.05, 0) is 44.2 Å². The van der Waals surface area contributed by atoms with E-state index in [-0.39, 0.29) is 17.2 Å². The maximum absolute atomic E-state index is 12.6. The molecule has 2 aromatic rings. The normalized spacial score (nSPS) is 26.3. The van der Waals surface area contributed by atoms with Gasteiger partial charge in [-0.2, -0.15) is 0 Å². The van der Waals surface area contributed by atoms with Gasteiger partial charge in [0.15, 0.2) is 0 Å². The van der Waals surface area contributed by atoms with Crippen molar-refractivity contribution in [3.8, 4) is 5.75 Å². The van der Waals surface area contributed by atoms with E-state index in [1.807, 2.05) is 31.2 Å². The average Bonchev–Trinajstić information content (AvgIpc) is 3.30. The Morgan fingerprint density at radius 1 is 1.44 bits per heavy atom. The molecule has 25 heavy (non-hydrogen) atoms. The van der Waals surface area contributed by atoms with Crippen molar-refractivity contribution in [1.82, 2.24) is 15.2 Å². The Balaban J connectivity index is 1.42. The Labute approximate surface area is 147 Å². The molecule has 132 valence electrons. The van der Waals surface area contributed by atoms with Crippen molar-refractivity contribution < 1.29 is 13.9 Å². The monoisotopic (exact) mass is 341 g/mol. The summed E-state index contributed by atoms with van der Waals surface area (Å²) < 4.78 is 11.6. The molecule has 0 aromatic carbocycles. The van der Waals surface area contributed by atoms with Gasteiger partial charge in [0.25, 0.3) is 0 Å². The lowest BCUT2D eigenvalue weighted by Crippen LogP contribution is -2.40. The van der Waals surface area contributed by atoms with Crippen LogP contribution in [0, 0.1) is 18.3 Å². The van der Waals surface area contributed by atoms with Crippen LogP contribution >= 0.6 is 0 Å². The third-order valence-electron chi connectivity index (χ3n) is 5.38. The number of amides is 1. The van der Waals surface area contributed by atoms with Gasteiger partial charge in [-0.3, -0.25) is 14.7 Å². The van der Waals surface area contributed by atoms with Gasteiger partial charge in [0, 0.05) is 25.2 Å². The molecule has 1 N–H and O–H groups in total. The predicted molar refractivity (Wildman–Crippen MR) is 92.0 cm³/mol. The van der Waals surface area contributed by atoms with Crippen LogP contribution in [0.5, 0.6) is 5.75 Å². The Kier molecular flexibility index (Phi) is 4.21. The highest BCUT2D eigenvalue weighted by atomic mass is 16.5. The minimum atomic E-state index is -0.357. The van der Waals surface area contributed by atoms with Crippen LogP contribution in [0.15, 0.2) is 41.1 Å². The summed E-state index contributed by atoms with van der Waals surface area (Å²) in [6, 6.07) is 7.74. The molecule has 6 heteroatoms. The molecule has 2 atom stereocenters. The number of hydrogen-bond donors (Lipinski definition) is 1. The second kappa shape index (κ2) is 6.52. The number of nitrogens with zero attached hydrogens (tertiary/aromatic N) is 2. The van der Waals surface area contributed by atoms with Gasteiger partial charge in [0.05, 0.1) is 24.8 Å². The maximum Gasteiger partial charge on any atom is 0.228 e. The minimum absolute atomic E-state index is 0.158. The zero-order valence-corrected chi connectivity index (χ0v) is 14.4. The SMILES string of the molecule is Cc1ccc(CN2CC[C@@]3(C2)C(=O)NC[C@@H]3COc2cccnc2)o1. The van der Waals surface area contributed by atoms with E-state index < -0.39 is 0 Å². The summed E-state index contributed by atoms with van der Waals surface area (Å²) in [5.41, 5.74) is -0.357. The third-order valence-corrected chi connectivity index (χ3v) is 5.38. The molecule has 2 aromatic heterocycles. The number of pyridine rings is 1. The van der Waals surface area contributed by atoms with Crippen LogP contribution in [0.4, 0.5) is 0 Å². The number of carbonyl (C=O) groups excluding carboxylic acids is 1. The number of nitrogens with one attached hydrogen (secondary N) is 1. The molecule has 0 aliphatic carbocycles.